The van der Waals surface area contributed by atoms with Crippen molar-refractivity contribution in [2.24, 2.45) is 5.92 Å². The Bertz CT molecular complexity index is 1000. The highest BCUT2D eigenvalue weighted by atomic mass is 35.5. The van der Waals surface area contributed by atoms with Gasteiger partial charge in [-0.1, -0.05) is 11.6 Å². The number of phenolic OH excluding ortho intramolecular Hbond substituents is 1. The molecule has 0 aromatic heterocycles. The van der Waals surface area contributed by atoms with Gasteiger partial charge in [-0.3, -0.25) is 14.4 Å². The summed E-state index contributed by atoms with van der Waals surface area (Å²) in [7, 11) is 0. The Kier molecular flexibility index (Phi) is 9.16. The minimum Gasteiger partial charge on any atom is -0.507 e. The van der Waals surface area contributed by atoms with Gasteiger partial charge in [-0.25, -0.2) is 0 Å². The van der Waals surface area contributed by atoms with E-state index >= 15 is 0 Å². The summed E-state index contributed by atoms with van der Waals surface area (Å²) in [5.41, 5.74) is 0.584. The molecule has 1 aliphatic carbocycles. The maximum Gasteiger partial charge on any atom is 0.308 e. The zero-order valence-corrected chi connectivity index (χ0v) is 19.8. The molecule has 0 heterocycles. The Morgan fingerprint density at radius 3 is 2.24 bits per heavy atom. The van der Waals surface area contributed by atoms with Gasteiger partial charge >= 0.3 is 5.97 Å². The minimum atomic E-state index is -0.457. The molecule has 0 spiro atoms. The van der Waals surface area contributed by atoms with Crippen LogP contribution in [0.2, 0.25) is 5.02 Å². The lowest BCUT2D eigenvalue weighted by Crippen LogP contribution is -2.34. The predicted octanol–water partition coefficient (Wildman–Crippen LogP) is 3.71. The second kappa shape index (κ2) is 12.3. The van der Waals surface area contributed by atoms with E-state index in [2.05, 4.69) is 10.6 Å². The van der Waals surface area contributed by atoms with Crippen LogP contribution >= 0.6 is 11.6 Å². The lowest BCUT2D eigenvalue weighted by atomic mass is 9.87. The molecule has 0 radical (unpaired) electrons. The lowest BCUT2D eigenvalue weighted by molar-refractivity contribution is -0.149. The second-order valence-corrected chi connectivity index (χ2v) is 8.48. The molecule has 0 unspecified atom stereocenters. The third-order valence-corrected chi connectivity index (χ3v) is 5.85. The molecule has 0 aliphatic heterocycles. The van der Waals surface area contributed by atoms with E-state index in [1.54, 1.807) is 24.3 Å². The number of amides is 2. The first-order valence-corrected chi connectivity index (χ1v) is 11.7. The largest absolute Gasteiger partial charge is 0.507 e. The Hall–Kier alpha value is -3.26. The fourth-order valence-corrected chi connectivity index (χ4v) is 3.97. The van der Waals surface area contributed by atoms with Crippen molar-refractivity contribution in [2.75, 3.05) is 19.7 Å². The maximum absolute atomic E-state index is 12.3. The number of phenols is 1. The van der Waals surface area contributed by atoms with E-state index in [0.717, 1.165) is 25.7 Å². The average Bonchev–Trinajstić information content (AvgIpc) is 2.82. The zero-order valence-electron chi connectivity index (χ0n) is 19.0. The summed E-state index contributed by atoms with van der Waals surface area (Å²) in [6.07, 6.45) is 3.10. The van der Waals surface area contributed by atoms with Gasteiger partial charge in [0, 0.05) is 23.7 Å². The van der Waals surface area contributed by atoms with E-state index in [4.69, 9.17) is 21.1 Å². The van der Waals surface area contributed by atoms with Gasteiger partial charge < -0.3 is 25.2 Å². The number of carbonyl (C=O) groups excluding carboxylic acids is 3. The molecule has 1 aliphatic rings. The van der Waals surface area contributed by atoms with Gasteiger partial charge in [0.15, 0.2) is 0 Å². The molecule has 2 aromatic rings. The first-order valence-electron chi connectivity index (χ1n) is 11.4. The molecule has 3 rings (SSSR count). The van der Waals surface area contributed by atoms with Crippen molar-refractivity contribution in [2.45, 2.75) is 38.7 Å². The standard InChI is InChI=1S/C25H29ClN2O6/c1-2-33-25(32)17-5-10-20(11-6-17)34-19-8-3-16(4-9-19)23(30)27-13-14-28-24(31)21-12-7-18(26)15-22(21)29/h3-4,7-9,12,15,17,20,29H,2,5-6,10-11,13-14H2,1H3,(H,27,30)(H,28,31). The van der Waals surface area contributed by atoms with E-state index < -0.39 is 5.91 Å². The summed E-state index contributed by atoms with van der Waals surface area (Å²) in [6.45, 7) is 2.63. The van der Waals surface area contributed by atoms with E-state index in [1.807, 2.05) is 6.92 Å². The highest BCUT2D eigenvalue weighted by Crippen LogP contribution is 2.28. The fraction of sp³-hybridized carbons (Fsp3) is 0.400. The van der Waals surface area contributed by atoms with Crippen LogP contribution in [-0.2, 0) is 9.53 Å². The van der Waals surface area contributed by atoms with Crippen molar-refractivity contribution in [1.82, 2.24) is 10.6 Å². The van der Waals surface area contributed by atoms with Gasteiger partial charge in [-0.15, -0.1) is 0 Å². The molecule has 34 heavy (non-hydrogen) atoms. The fourth-order valence-electron chi connectivity index (χ4n) is 3.80. The molecule has 2 amide bonds. The van der Waals surface area contributed by atoms with Crippen molar-refractivity contribution in [3.05, 3.63) is 58.6 Å². The Labute approximate surface area is 203 Å². The third-order valence-electron chi connectivity index (χ3n) is 5.61. The molecule has 0 atom stereocenters. The van der Waals surface area contributed by atoms with Crippen LogP contribution in [0.25, 0.3) is 0 Å². The van der Waals surface area contributed by atoms with Crippen LogP contribution in [0, 0.1) is 5.92 Å². The summed E-state index contributed by atoms with van der Waals surface area (Å²) in [5.74, 6) is -0.438. The van der Waals surface area contributed by atoms with E-state index in [1.165, 1.54) is 18.2 Å². The van der Waals surface area contributed by atoms with Crippen LogP contribution in [-0.4, -0.2) is 48.7 Å². The molecule has 8 nitrogen and oxygen atoms in total. The Balaban J connectivity index is 1.38. The predicted molar refractivity (Wildman–Crippen MR) is 127 cm³/mol. The number of esters is 1. The Morgan fingerprint density at radius 1 is 0.971 bits per heavy atom. The number of nitrogens with one attached hydrogen (secondary N) is 2. The molecule has 0 bridgehead atoms. The van der Waals surface area contributed by atoms with Crippen LogP contribution in [0.3, 0.4) is 0 Å². The number of aromatic hydroxyl groups is 1. The molecule has 1 saturated carbocycles. The SMILES string of the molecule is CCOC(=O)C1CCC(Oc2ccc(C(=O)NCCNC(=O)c3ccc(Cl)cc3O)cc2)CC1. The van der Waals surface area contributed by atoms with Crippen molar-refractivity contribution in [3.8, 4) is 11.5 Å². The lowest BCUT2D eigenvalue weighted by Gasteiger charge is -2.27. The van der Waals surface area contributed by atoms with Crippen molar-refractivity contribution in [1.29, 1.82) is 0 Å². The highest BCUT2D eigenvalue weighted by molar-refractivity contribution is 6.30. The number of hydrogen-bond donors (Lipinski definition) is 3. The van der Waals surface area contributed by atoms with Gasteiger partial charge in [0.1, 0.15) is 11.5 Å². The molecule has 9 heteroatoms. The summed E-state index contributed by atoms with van der Waals surface area (Å²) >= 11 is 5.76. The Morgan fingerprint density at radius 2 is 1.62 bits per heavy atom. The first kappa shape index (κ1) is 25.4. The van der Waals surface area contributed by atoms with E-state index in [0.29, 0.717) is 22.9 Å². The van der Waals surface area contributed by atoms with Crippen LogP contribution in [0.4, 0.5) is 0 Å². The number of ether oxygens (including phenoxy) is 2. The molecule has 3 N–H and O–H groups in total. The van der Waals surface area contributed by atoms with Gasteiger partial charge in [-0.2, -0.15) is 0 Å². The molecular weight excluding hydrogens is 460 g/mol. The molecular formula is C25H29ClN2O6. The molecule has 2 aromatic carbocycles. The maximum atomic E-state index is 12.3. The molecule has 1 fully saturated rings. The van der Waals surface area contributed by atoms with Gasteiger partial charge in [0.25, 0.3) is 11.8 Å². The van der Waals surface area contributed by atoms with Crippen LogP contribution < -0.4 is 15.4 Å². The highest BCUT2D eigenvalue weighted by Gasteiger charge is 2.28. The topological polar surface area (TPSA) is 114 Å². The van der Waals surface area contributed by atoms with Gasteiger partial charge in [0.2, 0.25) is 0 Å². The van der Waals surface area contributed by atoms with Crippen LogP contribution in [0.1, 0.15) is 53.3 Å². The van der Waals surface area contributed by atoms with Crippen molar-refractivity contribution >= 4 is 29.4 Å². The number of hydrogen-bond acceptors (Lipinski definition) is 6. The summed E-state index contributed by atoms with van der Waals surface area (Å²) in [6, 6.07) is 11.1. The molecule has 182 valence electrons. The molecule has 0 saturated heterocycles. The van der Waals surface area contributed by atoms with Crippen molar-refractivity contribution < 1.29 is 29.0 Å². The number of rotatable bonds is 9. The average molecular weight is 489 g/mol. The monoisotopic (exact) mass is 488 g/mol. The van der Waals surface area contributed by atoms with E-state index in [-0.39, 0.29) is 48.3 Å². The zero-order chi connectivity index (χ0) is 24.5. The second-order valence-electron chi connectivity index (χ2n) is 8.04. The summed E-state index contributed by atoms with van der Waals surface area (Å²) in [5, 5.41) is 15.5. The summed E-state index contributed by atoms with van der Waals surface area (Å²) in [4.78, 5) is 36.3. The van der Waals surface area contributed by atoms with Crippen molar-refractivity contribution in [3.63, 3.8) is 0 Å². The third kappa shape index (κ3) is 7.12. The smallest absolute Gasteiger partial charge is 0.308 e. The first-order chi connectivity index (χ1) is 16.4. The van der Waals surface area contributed by atoms with Gasteiger partial charge in [0.05, 0.1) is 24.2 Å². The summed E-state index contributed by atoms with van der Waals surface area (Å²) < 4.78 is 11.1. The van der Waals surface area contributed by atoms with Gasteiger partial charge in [-0.05, 0) is 75.1 Å². The number of halogens is 1. The van der Waals surface area contributed by atoms with E-state index in [9.17, 15) is 19.5 Å². The van der Waals surface area contributed by atoms with Crippen LogP contribution in [0.15, 0.2) is 42.5 Å². The number of benzene rings is 2. The van der Waals surface area contributed by atoms with Crippen LogP contribution in [0.5, 0.6) is 11.5 Å². The minimum absolute atomic E-state index is 0.0361. The quantitative estimate of drug-likeness (QED) is 0.366. The number of carbonyl (C=O) groups is 3. The normalized spacial score (nSPS) is 17.5.